The molecule has 6 heteroatoms. The Labute approximate surface area is 92.0 Å². The normalized spacial score (nSPS) is 14.8. The highest BCUT2D eigenvalue weighted by molar-refractivity contribution is 5.91. The number of rotatable bonds is 5. The van der Waals surface area contributed by atoms with Gasteiger partial charge in [-0.1, -0.05) is 0 Å². The van der Waals surface area contributed by atoms with Gasteiger partial charge in [0.1, 0.15) is 0 Å². The molecule has 0 spiro atoms. The monoisotopic (exact) mass is 223 g/mol. The third-order valence-corrected chi connectivity index (χ3v) is 2.45. The van der Waals surface area contributed by atoms with E-state index in [1.165, 1.54) is 0 Å². The first-order chi connectivity index (χ1) is 7.65. The average molecular weight is 223 g/mol. The molecule has 0 atom stereocenters. The van der Waals surface area contributed by atoms with Crippen molar-refractivity contribution in [1.29, 1.82) is 0 Å². The van der Waals surface area contributed by atoms with Crippen LogP contribution in [0.25, 0.3) is 0 Å². The zero-order chi connectivity index (χ0) is 11.5. The van der Waals surface area contributed by atoms with E-state index in [1.807, 2.05) is 0 Å². The van der Waals surface area contributed by atoms with Gasteiger partial charge in [-0.3, -0.25) is 14.7 Å². The Balaban J connectivity index is 1.83. The minimum Gasteiger partial charge on any atom is -0.481 e. The van der Waals surface area contributed by atoms with Crippen LogP contribution in [0.2, 0.25) is 0 Å². The third kappa shape index (κ3) is 2.82. The highest BCUT2D eigenvalue weighted by atomic mass is 16.4. The predicted octanol–water partition coefficient (Wildman–Crippen LogP) is 1.09. The van der Waals surface area contributed by atoms with Crippen LogP contribution in [-0.2, 0) is 9.59 Å². The molecule has 1 aromatic heterocycles. The lowest BCUT2D eigenvalue weighted by atomic mass is 10.3. The first-order valence-corrected chi connectivity index (χ1v) is 5.22. The first kappa shape index (κ1) is 10.7. The van der Waals surface area contributed by atoms with Gasteiger partial charge in [0.25, 0.3) is 0 Å². The summed E-state index contributed by atoms with van der Waals surface area (Å²) < 4.78 is 0. The van der Waals surface area contributed by atoms with Crippen LogP contribution >= 0.6 is 0 Å². The van der Waals surface area contributed by atoms with E-state index in [0.717, 1.165) is 18.5 Å². The van der Waals surface area contributed by atoms with E-state index in [9.17, 15) is 9.59 Å². The summed E-state index contributed by atoms with van der Waals surface area (Å²) in [7, 11) is 0. The lowest BCUT2D eigenvalue weighted by Gasteiger charge is -1.98. The molecule has 1 aliphatic rings. The van der Waals surface area contributed by atoms with Crippen molar-refractivity contribution in [2.45, 2.75) is 31.6 Å². The quantitative estimate of drug-likeness (QED) is 0.696. The lowest BCUT2D eigenvalue weighted by molar-refractivity contribution is -0.138. The van der Waals surface area contributed by atoms with Crippen molar-refractivity contribution in [3.8, 4) is 0 Å². The molecule has 3 N–H and O–H groups in total. The molecule has 0 aromatic carbocycles. The van der Waals surface area contributed by atoms with Gasteiger partial charge in [-0.25, -0.2) is 0 Å². The Kier molecular flexibility index (Phi) is 2.89. The summed E-state index contributed by atoms with van der Waals surface area (Å²) in [6, 6.07) is 1.80. The van der Waals surface area contributed by atoms with Crippen LogP contribution in [0.5, 0.6) is 0 Å². The number of aromatic amines is 1. The van der Waals surface area contributed by atoms with E-state index in [4.69, 9.17) is 5.11 Å². The molecule has 16 heavy (non-hydrogen) atoms. The first-order valence-electron chi connectivity index (χ1n) is 5.22. The number of amides is 1. The molecule has 0 radical (unpaired) electrons. The van der Waals surface area contributed by atoms with Crippen LogP contribution in [0.15, 0.2) is 6.07 Å². The van der Waals surface area contributed by atoms with Gasteiger partial charge < -0.3 is 10.4 Å². The van der Waals surface area contributed by atoms with Crippen LogP contribution in [0.3, 0.4) is 0 Å². The van der Waals surface area contributed by atoms with E-state index in [0.29, 0.717) is 11.7 Å². The summed E-state index contributed by atoms with van der Waals surface area (Å²) >= 11 is 0. The maximum absolute atomic E-state index is 11.3. The predicted molar refractivity (Wildman–Crippen MR) is 56.1 cm³/mol. The second kappa shape index (κ2) is 4.34. The number of carboxylic acid groups (broad SMARTS) is 1. The number of carboxylic acids is 1. The molecular formula is C10H13N3O3. The zero-order valence-electron chi connectivity index (χ0n) is 8.69. The molecular weight excluding hydrogens is 210 g/mol. The van der Waals surface area contributed by atoms with Crippen LogP contribution in [0.1, 0.15) is 37.3 Å². The summed E-state index contributed by atoms with van der Waals surface area (Å²) in [5.74, 6) is -0.276. The molecule has 86 valence electrons. The van der Waals surface area contributed by atoms with Gasteiger partial charge in [0.05, 0.1) is 6.42 Å². The lowest BCUT2D eigenvalue weighted by Crippen LogP contribution is -2.13. The number of aliphatic carboxylic acids is 1. The van der Waals surface area contributed by atoms with Crippen LogP contribution in [-0.4, -0.2) is 27.2 Å². The summed E-state index contributed by atoms with van der Waals surface area (Å²) in [6.45, 7) is 0. The number of nitrogens with zero attached hydrogens (tertiary/aromatic N) is 1. The highest BCUT2D eigenvalue weighted by Crippen LogP contribution is 2.39. The smallest absolute Gasteiger partial charge is 0.303 e. The number of nitrogens with one attached hydrogen (secondary N) is 2. The van der Waals surface area contributed by atoms with Gasteiger partial charge in [-0.05, 0) is 12.8 Å². The number of anilines is 1. The van der Waals surface area contributed by atoms with Gasteiger partial charge in [-0.2, -0.15) is 5.10 Å². The Morgan fingerprint density at radius 3 is 2.88 bits per heavy atom. The van der Waals surface area contributed by atoms with Crippen molar-refractivity contribution in [3.05, 3.63) is 11.8 Å². The largest absolute Gasteiger partial charge is 0.481 e. The van der Waals surface area contributed by atoms with E-state index in [1.54, 1.807) is 6.07 Å². The molecule has 1 aliphatic carbocycles. The fourth-order valence-corrected chi connectivity index (χ4v) is 1.43. The van der Waals surface area contributed by atoms with Crippen molar-refractivity contribution < 1.29 is 14.7 Å². The summed E-state index contributed by atoms with van der Waals surface area (Å²) in [5.41, 5.74) is 1.04. The van der Waals surface area contributed by atoms with Crippen LogP contribution in [0.4, 0.5) is 5.82 Å². The summed E-state index contributed by atoms with van der Waals surface area (Å²) in [6.07, 6.45) is 2.13. The molecule has 1 saturated carbocycles. The second-order valence-corrected chi connectivity index (χ2v) is 3.92. The fraction of sp³-hybridized carbons (Fsp3) is 0.500. The fourth-order valence-electron chi connectivity index (χ4n) is 1.43. The van der Waals surface area contributed by atoms with E-state index in [-0.39, 0.29) is 18.7 Å². The summed E-state index contributed by atoms with van der Waals surface area (Å²) in [5, 5.41) is 17.8. The molecule has 1 fully saturated rings. The molecule has 1 aromatic rings. The van der Waals surface area contributed by atoms with Crippen molar-refractivity contribution in [2.24, 2.45) is 0 Å². The van der Waals surface area contributed by atoms with Gasteiger partial charge in [0.2, 0.25) is 5.91 Å². The molecule has 1 amide bonds. The average Bonchev–Trinajstić information content (AvgIpc) is 2.98. The Morgan fingerprint density at radius 1 is 1.50 bits per heavy atom. The SMILES string of the molecule is O=C(O)CCC(=O)Nc1cc(C2CC2)[nH]n1. The van der Waals surface area contributed by atoms with Crippen molar-refractivity contribution in [2.75, 3.05) is 5.32 Å². The van der Waals surface area contributed by atoms with Crippen molar-refractivity contribution >= 4 is 17.7 Å². The minimum absolute atomic E-state index is 0.0268. The number of carbonyl (C=O) groups is 2. The zero-order valence-corrected chi connectivity index (χ0v) is 8.69. The Hall–Kier alpha value is -1.85. The van der Waals surface area contributed by atoms with Crippen molar-refractivity contribution in [3.63, 3.8) is 0 Å². The standard InChI is InChI=1S/C10H13N3O3/c14-9(3-4-10(15)16)11-8-5-7(12-13-8)6-1-2-6/h5-6H,1-4H2,(H,15,16)(H2,11,12,13,14). The molecule has 0 bridgehead atoms. The Morgan fingerprint density at radius 2 is 2.25 bits per heavy atom. The Bertz CT molecular complexity index is 409. The number of H-pyrrole nitrogens is 1. The number of hydrogen-bond acceptors (Lipinski definition) is 3. The molecule has 6 nitrogen and oxygen atoms in total. The second-order valence-electron chi connectivity index (χ2n) is 3.92. The van der Waals surface area contributed by atoms with Crippen LogP contribution in [0, 0.1) is 0 Å². The van der Waals surface area contributed by atoms with Gasteiger partial charge in [0.15, 0.2) is 5.82 Å². The molecule has 2 rings (SSSR count). The molecule has 0 aliphatic heterocycles. The molecule has 0 unspecified atom stereocenters. The van der Waals surface area contributed by atoms with E-state index in [2.05, 4.69) is 15.5 Å². The van der Waals surface area contributed by atoms with Gasteiger partial charge >= 0.3 is 5.97 Å². The molecule has 1 heterocycles. The highest BCUT2D eigenvalue weighted by Gasteiger charge is 2.25. The molecule has 0 saturated heterocycles. The third-order valence-electron chi connectivity index (χ3n) is 2.45. The van der Waals surface area contributed by atoms with Gasteiger partial charge in [0, 0.05) is 24.1 Å². The van der Waals surface area contributed by atoms with Crippen LogP contribution < -0.4 is 5.32 Å². The van der Waals surface area contributed by atoms with E-state index >= 15 is 0 Å². The maximum atomic E-state index is 11.3. The van der Waals surface area contributed by atoms with Crippen molar-refractivity contribution in [1.82, 2.24) is 10.2 Å². The van der Waals surface area contributed by atoms with E-state index < -0.39 is 5.97 Å². The van der Waals surface area contributed by atoms with Gasteiger partial charge in [-0.15, -0.1) is 0 Å². The number of aromatic nitrogens is 2. The number of carbonyl (C=O) groups excluding carboxylic acids is 1. The minimum atomic E-state index is -0.976. The topological polar surface area (TPSA) is 95.1 Å². The summed E-state index contributed by atoms with van der Waals surface area (Å²) in [4.78, 5) is 21.5. The number of hydrogen-bond donors (Lipinski definition) is 3. The maximum Gasteiger partial charge on any atom is 0.303 e.